The van der Waals surface area contributed by atoms with Gasteiger partial charge in [0.15, 0.2) is 0 Å². The van der Waals surface area contributed by atoms with E-state index in [1.165, 1.54) is 25.7 Å². The summed E-state index contributed by atoms with van der Waals surface area (Å²) in [5, 5.41) is 6.09. The predicted octanol–water partition coefficient (Wildman–Crippen LogP) is 3.85. The second kappa shape index (κ2) is 10.2. The smallest absolute Gasteiger partial charge is 0.255 e. The van der Waals surface area contributed by atoms with E-state index in [4.69, 9.17) is 0 Å². The van der Waals surface area contributed by atoms with E-state index in [-0.39, 0.29) is 5.91 Å². The molecular weight excluding hydrogens is 262 g/mol. The topological polar surface area (TPSA) is 54.0 Å². The SMILES string of the molecule is CCNc1ncccc1C(=O)NCCCCCCC(C)C. The monoisotopic (exact) mass is 291 g/mol. The molecule has 0 fully saturated rings. The van der Waals surface area contributed by atoms with Crippen LogP contribution in [0.25, 0.3) is 0 Å². The Bertz CT molecular complexity index is 418. The molecule has 0 aliphatic carbocycles. The normalized spacial score (nSPS) is 10.7. The zero-order valence-corrected chi connectivity index (χ0v) is 13.6. The Labute approximate surface area is 128 Å². The van der Waals surface area contributed by atoms with Gasteiger partial charge in [-0.1, -0.05) is 39.5 Å². The van der Waals surface area contributed by atoms with Gasteiger partial charge in [0.25, 0.3) is 5.91 Å². The molecule has 0 spiro atoms. The molecule has 118 valence electrons. The summed E-state index contributed by atoms with van der Waals surface area (Å²) in [6.45, 7) is 8.01. The zero-order chi connectivity index (χ0) is 15.5. The quantitative estimate of drug-likeness (QED) is 0.644. The number of hydrogen-bond acceptors (Lipinski definition) is 3. The standard InChI is InChI=1S/C17H29N3O/c1-4-18-16-15(11-9-13-19-16)17(21)20-12-8-6-5-7-10-14(2)3/h9,11,13-14H,4-8,10,12H2,1-3H3,(H,18,19)(H,20,21). The largest absolute Gasteiger partial charge is 0.370 e. The Hall–Kier alpha value is -1.58. The van der Waals surface area contributed by atoms with E-state index in [1.807, 2.05) is 13.0 Å². The summed E-state index contributed by atoms with van der Waals surface area (Å²) in [5.74, 6) is 1.41. The van der Waals surface area contributed by atoms with Crippen LogP contribution in [0.15, 0.2) is 18.3 Å². The fourth-order valence-corrected chi connectivity index (χ4v) is 2.23. The minimum Gasteiger partial charge on any atom is -0.370 e. The third kappa shape index (κ3) is 7.11. The number of amides is 1. The molecule has 4 heteroatoms. The Morgan fingerprint density at radius 3 is 2.71 bits per heavy atom. The van der Waals surface area contributed by atoms with E-state index in [1.54, 1.807) is 12.3 Å². The lowest BCUT2D eigenvalue weighted by Gasteiger charge is -2.10. The third-order valence-electron chi connectivity index (χ3n) is 3.39. The number of aromatic nitrogens is 1. The van der Waals surface area contributed by atoms with Crippen LogP contribution in [-0.4, -0.2) is 24.0 Å². The van der Waals surface area contributed by atoms with Crippen molar-refractivity contribution in [3.05, 3.63) is 23.9 Å². The van der Waals surface area contributed by atoms with Gasteiger partial charge in [0, 0.05) is 19.3 Å². The Balaban J connectivity index is 2.25. The molecule has 0 aliphatic heterocycles. The Kier molecular flexibility index (Phi) is 8.48. The van der Waals surface area contributed by atoms with Crippen molar-refractivity contribution in [2.45, 2.75) is 52.9 Å². The van der Waals surface area contributed by atoms with Crippen LogP contribution in [0, 0.1) is 5.92 Å². The van der Waals surface area contributed by atoms with Crippen LogP contribution in [-0.2, 0) is 0 Å². The van der Waals surface area contributed by atoms with Gasteiger partial charge in [-0.25, -0.2) is 4.98 Å². The van der Waals surface area contributed by atoms with Crippen LogP contribution in [0.5, 0.6) is 0 Å². The molecule has 0 unspecified atom stereocenters. The fourth-order valence-electron chi connectivity index (χ4n) is 2.23. The minimum absolute atomic E-state index is 0.0405. The Morgan fingerprint density at radius 1 is 1.24 bits per heavy atom. The van der Waals surface area contributed by atoms with E-state index in [9.17, 15) is 4.79 Å². The maximum absolute atomic E-state index is 12.1. The second-order valence-corrected chi connectivity index (χ2v) is 5.78. The van der Waals surface area contributed by atoms with E-state index >= 15 is 0 Å². The molecule has 0 aromatic carbocycles. The minimum atomic E-state index is -0.0405. The van der Waals surface area contributed by atoms with Crippen LogP contribution in [0.1, 0.15) is 63.2 Å². The molecule has 0 saturated carbocycles. The molecular formula is C17H29N3O. The van der Waals surface area contributed by atoms with Gasteiger partial charge < -0.3 is 10.6 Å². The molecule has 1 aromatic heterocycles. The highest BCUT2D eigenvalue weighted by atomic mass is 16.1. The summed E-state index contributed by atoms with van der Waals surface area (Å²) in [5.41, 5.74) is 0.624. The first-order valence-electron chi connectivity index (χ1n) is 8.12. The number of rotatable bonds is 10. The number of carbonyl (C=O) groups is 1. The van der Waals surface area contributed by atoms with E-state index < -0.39 is 0 Å². The summed E-state index contributed by atoms with van der Waals surface area (Å²) < 4.78 is 0. The first-order valence-corrected chi connectivity index (χ1v) is 8.12. The number of unbranched alkanes of at least 4 members (excludes halogenated alkanes) is 3. The van der Waals surface area contributed by atoms with E-state index in [0.717, 1.165) is 25.4 Å². The molecule has 0 saturated heterocycles. The van der Waals surface area contributed by atoms with Gasteiger partial charge in [-0.15, -0.1) is 0 Å². The van der Waals surface area contributed by atoms with E-state index in [2.05, 4.69) is 29.5 Å². The lowest BCUT2D eigenvalue weighted by Crippen LogP contribution is -2.25. The highest BCUT2D eigenvalue weighted by Gasteiger charge is 2.10. The summed E-state index contributed by atoms with van der Waals surface area (Å²) in [4.78, 5) is 16.3. The molecule has 0 aliphatic rings. The number of carbonyl (C=O) groups excluding carboxylic acids is 1. The van der Waals surface area contributed by atoms with Gasteiger partial charge in [-0.2, -0.15) is 0 Å². The molecule has 4 nitrogen and oxygen atoms in total. The summed E-state index contributed by atoms with van der Waals surface area (Å²) in [6.07, 6.45) is 7.76. The molecule has 1 aromatic rings. The number of nitrogens with one attached hydrogen (secondary N) is 2. The van der Waals surface area contributed by atoms with Crippen LogP contribution in [0.4, 0.5) is 5.82 Å². The van der Waals surface area contributed by atoms with Gasteiger partial charge in [-0.05, 0) is 31.4 Å². The highest BCUT2D eigenvalue weighted by molar-refractivity contribution is 5.98. The van der Waals surface area contributed by atoms with Crippen molar-refractivity contribution in [2.24, 2.45) is 5.92 Å². The zero-order valence-electron chi connectivity index (χ0n) is 13.6. The molecule has 0 bridgehead atoms. The molecule has 1 amide bonds. The first-order chi connectivity index (χ1) is 10.1. The third-order valence-corrected chi connectivity index (χ3v) is 3.39. The molecule has 2 N–H and O–H groups in total. The van der Waals surface area contributed by atoms with Crippen molar-refractivity contribution in [1.29, 1.82) is 0 Å². The van der Waals surface area contributed by atoms with Crippen LogP contribution >= 0.6 is 0 Å². The molecule has 1 heterocycles. The second-order valence-electron chi connectivity index (χ2n) is 5.78. The maximum atomic E-state index is 12.1. The van der Waals surface area contributed by atoms with Crippen molar-refractivity contribution < 1.29 is 4.79 Å². The first kappa shape index (κ1) is 17.5. The van der Waals surface area contributed by atoms with Gasteiger partial charge in [-0.3, -0.25) is 4.79 Å². The van der Waals surface area contributed by atoms with Crippen molar-refractivity contribution in [3.8, 4) is 0 Å². The Morgan fingerprint density at radius 2 is 2.00 bits per heavy atom. The number of nitrogens with zero attached hydrogens (tertiary/aromatic N) is 1. The molecule has 21 heavy (non-hydrogen) atoms. The predicted molar refractivity (Wildman–Crippen MR) is 88.7 cm³/mol. The van der Waals surface area contributed by atoms with Gasteiger partial charge in [0.2, 0.25) is 0 Å². The van der Waals surface area contributed by atoms with Crippen molar-refractivity contribution in [3.63, 3.8) is 0 Å². The summed E-state index contributed by atoms with van der Waals surface area (Å²) in [6, 6.07) is 3.60. The van der Waals surface area contributed by atoms with Gasteiger partial charge in [0.05, 0.1) is 5.56 Å². The van der Waals surface area contributed by atoms with Crippen molar-refractivity contribution in [1.82, 2.24) is 10.3 Å². The number of pyridine rings is 1. The summed E-state index contributed by atoms with van der Waals surface area (Å²) >= 11 is 0. The van der Waals surface area contributed by atoms with Crippen molar-refractivity contribution >= 4 is 11.7 Å². The molecule has 1 rings (SSSR count). The van der Waals surface area contributed by atoms with E-state index in [0.29, 0.717) is 11.4 Å². The van der Waals surface area contributed by atoms with Crippen LogP contribution in [0.2, 0.25) is 0 Å². The average Bonchev–Trinajstić information content (AvgIpc) is 2.46. The fraction of sp³-hybridized carbons (Fsp3) is 0.647. The number of hydrogen-bond donors (Lipinski definition) is 2. The maximum Gasteiger partial charge on any atom is 0.255 e. The lowest BCUT2D eigenvalue weighted by atomic mass is 10.0. The molecule has 0 radical (unpaired) electrons. The van der Waals surface area contributed by atoms with Crippen LogP contribution < -0.4 is 10.6 Å². The van der Waals surface area contributed by atoms with Gasteiger partial charge >= 0.3 is 0 Å². The van der Waals surface area contributed by atoms with Crippen molar-refractivity contribution in [2.75, 3.05) is 18.4 Å². The summed E-state index contributed by atoms with van der Waals surface area (Å²) in [7, 11) is 0. The molecule has 0 atom stereocenters. The van der Waals surface area contributed by atoms with Crippen LogP contribution in [0.3, 0.4) is 0 Å². The lowest BCUT2D eigenvalue weighted by molar-refractivity contribution is 0.0953. The van der Waals surface area contributed by atoms with Gasteiger partial charge in [0.1, 0.15) is 5.82 Å². The number of anilines is 1. The highest BCUT2D eigenvalue weighted by Crippen LogP contribution is 2.11. The average molecular weight is 291 g/mol.